The second-order valence-corrected chi connectivity index (χ2v) is 14.4. The third-order valence-corrected chi connectivity index (χ3v) is 10.5. The number of nitrogens with one attached hydrogen (secondary N) is 1. The molecule has 1 aliphatic heterocycles. The predicted octanol–water partition coefficient (Wildman–Crippen LogP) is 7.94. The van der Waals surface area contributed by atoms with Gasteiger partial charge in [-0.25, -0.2) is 9.78 Å². The lowest BCUT2D eigenvalue weighted by molar-refractivity contribution is 0.0594. The van der Waals surface area contributed by atoms with Crippen LogP contribution < -0.4 is 10.5 Å². The molecule has 4 aromatic heterocycles. The highest BCUT2D eigenvalue weighted by atomic mass is 16.5. The number of methoxy groups -OCH3 is 2. The lowest BCUT2D eigenvalue weighted by Crippen LogP contribution is -2.38. The monoisotopic (exact) mass is 793 g/mol. The number of nitrogens with zero attached hydrogens (tertiary/aromatic N) is 6. The van der Waals surface area contributed by atoms with Crippen LogP contribution in [0.4, 0.5) is 5.69 Å². The number of carbonyl (C=O) groups excluding carboxylic acids is 1. The second-order valence-electron chi connectivity index (χ2n) is 14.4. The number of hydrogen-bond donors (Lipinski definition) is 1. The van der Waals surface area contributed by atoms with Crippen LogP contribution in [0.1, 0.15) is 53.4 Å². The minimum Gasteiger partial charge on any atom is -0.464 e. The lowest BCUT2D eigenvalue weighted by atomic mass is 9.93. The van der Waals surface area contributed by atoms with Gasteiger partial charge in [-0.3, -0.25) is 4.79 Å². The van der Waals surface area contributed by atoms with Crippen LogP contribution in [0.2, 0.25) is 0 Å². The van der Waals surface area contributed by atoms with Crippen molar-refractivity contribution in [3.05, 3.63) is 130 Å². The zero-order valence-corrected chi connectivity index (χ0v) is 33.0. The van der Waals surface area contributed by atoms with E-state index in [2.05, 4.69) is 72.4 Å². The van der Waals surface area contributed by atoms with E-state index >= 15 is 0 Å². The van der Waals surface area contributed by atoms with Crippen molar-refractivity contribution >= 4 is 11.7 Å². The molecule has 7 aromatic rings. The Labute approximate surface area is 340 Å². The number of pyridine rings is 2. The number of esters is 1. The Kier molecular flexibility index (Phi) is 11.8. The normalized spacial score (nSPS) is 14.1. The first-order valence-electron chi connectivity index (χ1n) is 19.5. The van der Waals surface area contributed by atoms with Crippen molar-refractivity contribution in [3.63, 3.8) is 0 Å². The molecule has 14 heteroatoms. The third kappa shape index (κ3) is 8.73. The fourth-order valence-electron chi connectivity index (χ4n) is 7.42. The van der Waals surface area contributed by atoms with Crippen molar-refractivity contribution in [2.45, 2.75) is 51.9 Å². The first-order valence-corrected chi connectivity index (χ1v) is 19.5. The molecule has 0 aliphatic carbocycles. The number of carbonyl (C=O) groups is 1. The topological polar surface area (TPSA) is 172 Å². The first-order chi connectivity index (χ1) is 28.9. The lowest BCUT2D eigenvalue weighted by Gasteiger charge is -2.36. The Morgan fingerprint density at radius 1 is 0.797 bits per heavy atom. The van der Waals surface area contributed by atoms with Crippen LogP contribution in [-0.4, -0.2) is 69.6 Å². The highest BCUT2D eigenvalue weighted by Gasteiger charge is 2.23. The van der Waals surface area contributed by atoms with E-state index in [9.17, 15) is 9.59 Å². The minimum atomic E-state index is -0.522. The quantitative estimate of drug-likeness (QED) is 0.0832. The van der Waals surface area contributed by atoms with Gasteiger partial charge in [0.25, 0.3) is 11.8 Å². The van der Waals surface area contributed by atoms with Crippen LogP contribution >= 0.6 is 0 Å². The second kappa shape index (κ2) is 17.8. The molecule has 1 fully saturated rings. The van der Waals surface area contributed by atoms with Gasteiger partial charge in [0.1, 0.15) is 5.69 Å². The van der Waals surface area contributed by atoms with Crippen LogP contribution in [0.15, 0.2) is 111 Å². The molecule has 0 spiro atoms. The van der Waals surface area contributed by atoms with Gasteiger partial charge in [0.15, 0.2) is 0 Å². The van der Waals surface area contributed by atoms with E-state index in [1.54, 1.807) is 31.5 Å². The molecule has 1 N–H and O–H groups in total. The summed E-state index contributed by atoms with van der Waals surface area (Å²) in [5, 5.41) is 8.32. The molecule has 59 heavy (non-hydrogen) atoms. The van der Waals surface area contributed by atoms with Crippen LogP contribution in [-0.2, 0) is 33.8 Å². The Balaban J connectivity index is 0.994. The van der Waals surface area contributed by atoms with E-state index in [1.807, 2.05) is 30.3 Å². The van der Waals surface area contributed by atoms with Gasteiger partial charge in [0, 0.05) is 71.7 Å². The molecular weight excluding hydrogens is 751 g/mol. The summed E-state index contributed by atoms with van der Waals surface area (Å²) in [6.07, 6.45) is 7.26. The summed E-state index contributed by atoms with van der Waals surface area (Å²) >= 11 is 0. The molecule has 300 valence electrons. The molecule has 0 radical (unpaired) electrons. The molecule has 0 amide bonds. The Bertz CT molecular complexity index is 2600. The molecule has 1 saturated heterocycles. The van der Waals surface area contributed by atoms with Gasteiger partial charge < -0.3 is 33.1 Å². The molecule has 3 aromatic carbocycles. The zero-order chi connectivity index (χ0) is 40.7. The smallest absolute Gasteiger partial charge is 0.356 e. The van der Waals surface area contributed by atoms with Gasteiger partial charge in [-0.1, -0.05) is 40.6 Å². The largest absolute Gasteiger partial charge is 0.464 e. The van der Waals surface area contributed by atoms with Gasteiger partial charge in [-0.05, 0) is 103 Å². The van der Waals surface area contributed by atoms with Crippen molar-refractivity contribution in [3.8, 4) is 56.8 Å². The number of rotatable bonds is 14. The fourth-order valence-corrected chi connectivity index (χ4v) is 7.42. The number of H-pyrrole nitrogens is 1. The predicted molar refractivity (Wildman–Crippen MR) is 220 cm³/mol. The minimum absolute atomic E-state index is 0.190. The van der Waals surface area contributed by atoms with E-state index in [0.717, 1.165) is 64.0 Å². The van der Waals surface area contributed by atoms with E-state index in [-0.39, 0.29) is 11.3 Å². The van der Waals surface area contributed by atoms with Crippen LogP contribution in [0.25, 0.3) is 56.8 Å². The van der Waals surface area contributed by atoms with Crippen LogP contribution in [0.5, 0.6) is 0 Å². The highest BCUT2D eigenvalue weighted by Crippen LogP contribution is 2.34. The van der Waals surface area contributed by atoms with Crippen molar-refractivity contribution in [1.82, 2.24) is 30.2 Å². The number of hydrogen-bond acceptors (Lipinski definition) is 13. The SMILES string of the molecule is COCc1cc(-c2nc(-c3ccc(C(=O)OC)nc3)no2)ccc1-c1ccccc1CCOCc1cc(-c2nc(-c3ccc(=O)[nH]c3)no2)ccc1N1CCCCC1C. The van der Waals surface area contributed by atoms with Gasteiger partial charge in [0.2, 0.25) is 17.2 Å². The zero-order valence-electron chi connectivity index (χ0n) is 33.0. The highest BCUT2D eigenvalue weighted by molar-refractivity contribution is 5.87. The van der Waals surface area contributed by atoms with E-state index in [0.29, 0.717) is 66.8 Å². The summed E-state index contributed by atoms with van der Waals surface area (Å²) in [5.74, 6) is 0.958. The van der Waals surface area contributed by atoms with Crippen LogP contribution in [0.3, 0.4) is 0 Å². The van der Waals surface area contributed by atoms with E-state index in [1.165, 1.54) is 25.8 Å². The standard InChI is InChI=1S/C45H43N7O7/c1-28-8-6-7-20-52(28)39-17-13-31(44-49-42(51-59-44)33-14-18-40(53)47-25-33)23-35(39)27-57-21-19-29-9-4-5-10-36(29)37-15-11-30(22-34(37)26-55-2)43-48-41(50-58-43)32-12-16-38(46-24-32)45(54)56-3/h4-5,9-18,22-25,28H,6-8,19-21,26-27H2,1-3H3,(H,47,53). The van der Waals surface area contributed by atoms with Crippen molar-refractivity contribution in [2.24, 2.45) is 0 Å². The maximum absolute atomic E-state index is 11.8. The molecule has 1 aliphatic rings. The average molecular weight is 794 g/mol. The van der Waals surface area contributed by atoms with Gasteiger partial charge in [-0.2, -0.15) is 9.97 Å². The third-order valence-electron chi connectivity index (χ3n) is 10.5. The Morgan fingerprint density at radius 3 is 2.22 bits per heavy atom. The molecule has 0 bridgehead atoms. The number of aromatic amines is 1. The average Bonchev–Trinajstić information content (AvgIpc) is 3.98. The molecule has 5 heterocycles. The summed E-state index contributed by atoms with van der Waals surface area (Å²) in [7, 11) is 2.98. The number of aromatic nitrogens is 6. The van der Waals surface area contributed by atoms with E-state index < -0.39 is 5.97 Å². The van der Waals surface area contributed by atoms with Gasteiger partial charge in [0.05, 0.1) is 26.9 Å². The summed E-state index contributed by atoms with van der Waals surface area (Å²) in [5.41, 5.74) is 9.20. The fraction of sp³-hybridized carbons (Fsp3) is 0.267. The summed E-state index contributed by atoms with van der Waals surface area (Å²) in [4.78, 5) is 41.9. The summed E-state index contributed by atoms with van der Waals surface area (Å²) in [6.45, 7) is 4.52. The Hall–Kier alpha value is -6.77. The molecule has 0 saturated carbocycles. The molecular formula is C45H43N7O7. The number of benzene rings is 3. The number of piperidine rings is 1. The molecule has 1 atom stereocenters. The van der Waals surface area contributed by atoms with Crippen molar-refractivity contribution < 1.29 is 28.1 Å². The van der Waals surface area contributed by atoms with Crippen LogP contribution in [0, 0.1) is 0 Å². The van der Waals surface area contributed by atoms with Gasteiger partial charge in [-0.15, -0.1) is 0 Å². The van der Waals surface area contributed by atoms with Crippen molar-refractivity contribution in [1.29, 1.82) is 0 Å². The first kappa shape index (κ1) is 39.1. The van der Waals surface area contributed by atoms with E-state index in [4.69, 9.17) is 23.3 Å². The maximum Gasteiger partial charge on any atom is 0.356 e. The molecule has 1 unspecified atom stereocenters. The Morgan fingerprint density at radius 2 is 1.51 bits per heavy atom. The molecule has 8 rings (SSSR count). The van der Waals surface area contributed by atoms with Gasteiger partial charge >= 0.3 is 5.97 Å². The summed E-state index contributed by atoms with van der Waals surface area (Å²) in [6, 6.07) is 27.3. The number of ether oxygens (including phenoxy) is 3. The number of anilines is 1. The van der Waals surface area contributed by atoms with Crippen molar-refractivity contribution in [2.75, 3.05) is 32.3 Å². The summed E-state index contributed by atoms with van der Waals surface area (Å²) < 4.78 is 28.2. The maximum atomic E-state index is 11.8. The molecule has 14 nitrogen and oxygen atoms in total.